The van der Waals surface area contributed by atoms with Crippen molar-refractivity contribution in [1.82, 2.24) is 9.97 Å². The Kier molecular flexibility index (Phi) is 19.1. The Hall–Kier alpha value is -2.62. The molecule has 1 unspecified atom stereocenters. The third kappa shape index (κ3) is 10.2. The van der Waals surface area contributed by atoms with Crippen LogP contribution in [0.5, 0.6) is 0 Å². The van der Waals surface area contributed by atoms with Crippen LogP contribution in [-0.4, -0.2) is 39.1 Å². The van der Waals surface area contributed by atoms with Crippen molar-refractivity contribution in [3.63, 3.8) is 0 Å². The number of hydrogen-bond acceptors (Lipinski definition) is 3. The van der Waals surface area contributed by atoms with Gasteiger partial charge >= 0.3 is 41.9 Å². The van der Waals surface area contributed by atoms with Gasteiger partial charge in [0.25, 0.3) is 0 Å². The van der Waals surface area contributed by atoms with Crippen molar-refractivity contribution in [2.45, 2.75) is 82.2 Å². The van der Waals surface area contributed by atoms with Crippen molar-refractivity contribution in [3.05, 3.63) is 139 Å². The van der Waals surface area contributed by atoms with Gasteiger partial charge in [-0.2, -0.15) is 0 Å². The molecular formula is C41H54LiMgN3. The molecular weight excluding hydrogens is 566 g/mol. The summed E-state index contributed by atoms with van der Waals surface area (Å²) >= 11 is 0. The molecule has 5 aromatic rings. The summed E-state index contributed by atoms with van der Waals surface area (Å²) in [6, 6.07) is 19.9. The molecule has 0 aliphatic carbocycles. The summed E-state index contributed by atoms with van der Waals surface area (Å²) < 4.78 is 0. The summed E-state index contributed by atoms with van der Waals surface area (Å²) in [7, 11) is 0. The van der Waals surface area contributed by atoms with Crippen LogP contribution in [0.1, 0.15) is 71.0 Å². The maximum atomic E-state index is 4.60. The van der Waals surface area contributed by atoms with Gasteiger partial charge in [0.05, 0.1) is 11.0 Å². The van der Waals surface area contributed by atoms with Gasteiger partial charge in [0, 0.05) is 40.0 Å². The minimum Gasteiger partial charge on any atom is -0.378 e. The molecule has 0 saturated carbocycles. The molecule has 5 heteroatoms. The molecule has 6 rings (SSSR count). The van der Waals surface area contributed by atoms with Gasteiger partial charge in [-0.25, -0.2) is 0 Å². The zero-order chi connectivity index (χ0) is 30.0. The van der Waals surface area contributed by atoms with Crippen molar-refractivity contribution in [2.24, 2.45) is 0 Å². The zero-order valence-electron chi connectivity index (χ0n) is 31.5. The normalized spacial score (nSPS) is 12.5. The number of allylic oxidation sites excluding steroid dienone is 1. The summed E-state index contributed by atoms with van der Waals surface area (Å²) in [5.41, 5.74) is 18.0. The molecule has 0 amide bonds. The summed E-state index contributed by atoms with van der Waals surface area (Å²) in [5, 5.41) is 6.07. The first-order valence-electron chi connectivity index (χ1n) is 14.6. The van der Waals surface area contributed by atoms with Gasteiger partial charge in [0.15, 0.2) is 0 Å². The Balaban J connectivity index is 0. The molecule has 3 nitrogen and oxygen atoms in total. The van der Waals surface area contributed by atoms with Crippen LogP contribution >= 0.6 is 0 Å². The standard InChI is InChI=1S/C13H17N.C13H15N.C12H13N.3CH3.Li.Mg/c2*1-8-5-6-12-10(3)9(2)11(4)14-13(12)7-8;1-8-4-5-11-10(3)9(2)7-13-12(11)6-8;;;;;/h5-7,11,14H,1-4H3;5-7H,1-4H3;4-7H,1-3H3;3*1H3;;/q;;;3*-1;+1;+2. The number of aromatic nitrogens is 2. The van der Waals surface area contributed by atoms with Crippen LogP contribution in [0.4, 0.5) is 5.69 Å². The maximum Gasteiger partial charge on any atom is 2.00 e. The van der Waals surface area contributed by atoms with Crippen LogP contribution in [0.25, 0.3) is 27.4 Å². The van der Waals surface area contributed by atoms with Gasteiger partial charge in [-0.05, 0) is 144 Å². The zero-order valence-corrected chi connectivity index (χ0v) is 32.9. The first kappa shape index (κ1) is 45.5. The third-order valence-corrected chi connectivity index (χ3v) is 8.69. The van der Waals surface area contributed by atoms with Crippen LogP contribution < -0.4 is 24.2 Å². The molecule has 3 heterocycles. The second kappa shape index (κ2) is 19.3. The Morgan fingerprint density at radius 2 is 1.11 bits per heavy atom. The summed E-state index contributed by atoms with van der Waals surface area (Å²) in [5.74, 6) is 0. The smallest absolute Gasteiger partial charge is 0.378 e. The fourth-order valence-corrected chi connectivity index (χ4v) is 5.31. The van der Waals surface area contributed by atoms with Crippen LogP contribution in [0.3, 0.4) is 0 Å². The predicted octanol–water partition coefficient (Wildman–Crippen LogP) is 8.21. The summed E-state index contributed by atoms with van der Waals surface area (Å²) in [6.07, 6.45) is 1.94. The van der Waals surface area contributed by atoms with E-state index in [1.54, 1.807) is 0 Å². The van der Waals surface area contributed by atoms with Crippen molar-refractivity contribution < 1.29 is 18.9 Å². The van der Waals surface area contributed by atoms with Gasteiger partial charge in [-0.1, -0.05) is 36.4 Å². The van der Waals surface area contributed by atoms with E-state index in [0.29, 0.717) is 6.04 Å². The minimum absolute atomic E-state index is 0. The second-order valence-electron chi connectivity index (χ2n) is 11.8. The molecule has 1 N–H and O–H groups in total. The summed E-state index contributed by atoms with van der Waals surface area (Å²) in [4.78, 5) is 9.00. The van der Waals surface area contributed by atoms with E-state index >= 15 is 0 Å². The minimum atomic E-state index is 0. The summed E-state index contributed by atoms with van der Waals surface area (Å²) in [6.45, 7) is 23.6. The number of aryl methyl sites for hydroxylation is 7. The van der Waals surface area contributed by atoms with E-state index in [1.807, 2.05) is 6.20 Å². The van der Waals surface area contributed by atoms with E-state index in [0.717, 1.165) is 16.7 Å². The third-order valence-electron chi connectivity index (χ3n) is 8.69. The van der Waals surface area contributed by atoms with E-state index in [1.165, 1.54) is 72.1 Å². The first-order valence-corrected chi connectivity index (χ1v) is 14.6. The molecule has 0 fully saturated rings. The molecule has 0 spiro atoms. The number of nitrogens with zero attached hydrogens (tertiary/aromatic N) is 2. The Labute approximate surface area is 309 Å². The van der Waals surface area contributed by atoms with Crippen LogP contribution in [0.15, 0.2) is 66.4 Å². The number of benzene rings is 3. The van der Waals surface area contributed by atoms with Gasteiger partial charge in [0.1, 0.15) is 0 Å². The maximum absolute atomic E-state index is 4.60. The van der Waals surface area contributed by atoms with Crippen LogP contribution in [-0.2, 0) is 0 Å². The average Bonchev–Trinajstić information content (AvgIpc) is 2.93. The van der Waals surface area contributed by atoms with E-state index < -0.39 is 0 Å². The molecule has 0 bridgehead atoms. The molecule has 1 aliphatic heterocycles. The Morgan fingerprint density at radius 3 is 1.70 bits per heavy atom. The Morgan fingerprint density at radius 1 is 0.609 bits per heavy atom. The number of nitrogens with one attached hydrogen (secondary N) is 1. The number of fused-ring (bicyclic) bond motifs is 3. The first-order chi connectivity index (χ1) is 19.4. The van der Waals surface area contributed by atoms with Gasteiger partial charge in [-0.15, -0.1) is 0 Å². The average molecular weight is 620 g/mol. The molecule has 2 aromatic heterocycles. The van der Waals surface area contributed by atoms with E-state index in [-0.39, 0.29) is 64.2 Å². The fourth-order valence-electron chi connectivity index (χ4n) is 5.31. The molecule has 46 heavy (non-hydrogen) atoms. The largest absolute Gasteiger partial charge is 2.00 e. The molecule has 3 aromatic carbocycles. The second-order valence-corrected chi connectivity index (χ2v) is 11.8. The SMILES string of the molecule is CC1=C(C)C(C)Nc2cc(C)ccc21.Cc1ccc2c(C)c(C)c(C)nc2c1.Cc1ccc2c(C)c(C)cnc2c1.[CH3-].[CH3-].[CH3-].[Li+].[Mg+2]. The van der Waals surface area contributed by atoms with E-state index in [2.05, 4.69) is 146 Å². The molecule has 236 valence electrons. The monoisotopic (exact) mass is 619 g/mol. The number of hydrogen-bond donors (Lipinski definition) is 1. The van der Waals surface area contributed by atoms with E-state index in [4.69, 9.17) is 0 Å². The molecule has 1 aliphatic rings. The van der Waals surface area contributed by atoms with Crippen LogP contribution in [0, 0.1) is 77.7 Å². The quantitative estimate of drug-likeness (QED) is 0.140. The van der Waals surface area contributed by atoms with Gasteiger partial charge in [-0.3, -0.25) is 9.97 Å². The molecule has 1 atom stereocenters. The van der Waals surface area contributed by atoms with Crippen molar-refractivity contribution in [3.8, 4) is 0 Å². The molecule has 0 saturated heterocycles. The van der Waals surface area contributed by atoms with Gasteiger partial charge in [0.2, 0.25) is 0 Å². The number of pyridine rings is 2. The van der Waals surface area contributed by atoms with Crippen molar-refractivity contribution in [2.75, 3.05) is 5.32 Å². The van der Waals surface area contributed by atoms with Crippen molar-refractivity contribution >= 4 is 56.1 Å². The Bertz CT molecular complexity index is 1790. The van der Waals surface area contributed by atoms with E-state index in [9.17, 15) is 0 Å². The number of rotatable bonds is 0. The fraction of sp³-hybridized carbons (Fsp3) is 0.293. The van der Waals surface area contributed by atoms with Crippen molar-refractivity contribution in [1.29, 1.82) is 0 Å². The molecule has 0 radical (unpaired) electrons. The predicted molar refractivity (Wildman–Crippen MR) is 204 cm³/mol. The van der Waals surface area contributed by atoms with Crippen LogP contribution in [0.2, 0.25) is 0 Å². The topological polar surface area (TPSA) is 37.8 Å². The number of anilines is 1. The van der Waals surface area contributed by atoms with Gasteiger partial charge < -0.3 is 27.6 Å².